The molecule has 1 heterocycles. The third kappa shape index (κ3) is 1.42. The van der Waals surface area contributed by atoms with Gasteiger partial charge in [0.1, 0.15) is 0 Å². The van der Waals surface area contributed by atoms with Crippen molar-refractivity contribution in [3.05, 3.63) is 24.0 Å². The van der Waals surface area contributed by atoms with E-state index < -0.39 is 0 Å². The third-order valence-corrected chi connectivity index (χ3v) is 1.58. The molecule has 0 aliphatic carbocycles. The molecule has 1 aromatic heterocycles. The summed E-state index contributed by atoms with van der Waals surface area (Å²) in [5.74, 6) is 0. The Morgan fingerprint density at radius 3 is 2.89 bits per heavy atom. The van der Waals surface area contributed by atoms with Crippen molar-refractivity contribution < 1.29 is 0 Å². The van der Waals surface area contributed by atoms with Gasteiger partial charge in [0.05, 0.1) is 11.4 Å². The fourth-order valence-corrected chi connectivity index (χ4v) is 1.03. The van der Waals surface area contributed by atoms with Gasteiger partial charge in [-0.05, 0) is 12.1 Å². The fraction of sp³-hybridized carbons (Fsp3) is 0.167. The zero-order valence-electron chi connectivity index (χ0n) is 4.84. The minimum absolute atomic E-state index is 0.722. The van der Waals surface area contributed by atoms with E-state index in [1.54, 1.807) is 6.20 Å². The Bertz CT molecular complexity index is 200. The molecular formula is C6H7BrN2. The standard InChI is InChI=1S/C6H7BrN2/c7-4-6-5(8)2-1-3-9-6/h1-3H,4,8H2. The Morgan fingerprint density at radius 2 is 2.44 bits per heavy atom. The summed E-state index contributed by atoms with van der Waals surface area (Å²) < 4.78 is 0. The molecule has 0 aliphatic heterocycles. The van der Waals surface area contributed by atoms with Crippen LogP contribution in [0.1, 0.15) is 5.69 Å². The summed E-state index contributed by atoms with van der Waals surface area (Å²) in [4.78, 5) is 4.02. The highest BCUT2D eigenvalue weighted by atomic mass is 79.9. The number of rotatable bonds is 1. The van der Waals surface area contributed by atoms with Crippen LogP contribution in [0.5, 0.6) is 0 Å². The molecule has 0 fully saturated rings. The number of nitrogens with two attached hydrogens (primary N) is 1. The van der Waals surface area contributed by atoms with E-state index in [1.165, 1.54) is 0 Å². The van der Waals surface area contributed by atoms with Gasteiger partial charge in [-0.1, -0.05) is 15.9 Å². The van der Waals surface area contributed by atoms with Gasteiger partial charge in [-0.25, -0.2) is 0 Å². The van der Waals surface area contributed by atoms with Crippen LogP contribution >= 0.6 is 15.9 Å². The monoisotopic (exact) mass is 186 g/mol. The van der Waals surface area contributed by atoms with Crippen molar-refractivity contribution in [1.29, 1.82) is 0 Å². The smallest absolute Gasteiger partial charge is 0.0737 e. The zero-order chi connectivity index (χ0) is 6.69. The SMILES string of the molecule is Nc1cccnc1CBr. The van der Waals surface area contributed by atoms with Crippen LogP contribution in [0.2, 0.25) is 0 Å². The predicted molar refractivity (Wildman–Crippen MR) is 41.3 cm³/mol. The van der Waals surface area contributed by atoms with Crippen LogP contribution in [0, 0.1) is 0 Å². The second kappa shape index (κ2) is 2.82. The third-order valence-electron chi connectivity index (χ3n) is 1.05. The van der Waals surface area contributed by atoms with Crippen LogP contribution < -0.4 is 5.73 Å². The minimum atomic E-state index is 0.722. The van der Waals surface area contributed by atoms with Gasteiger partial charge in [0.25, 0.3) is 0 Å². The van der Waals surface area contributed by atoms with Crippen molar-refractivity contribution >= 4 is 21.6 Å². The lowest BCUT2D eigenvalue weighted by Crippen LogP contribution is -1.92. The maximum atomic E-state index is 5.54. The number of aromatic nitrogens is 1. The molecule has 0 atom stereocenters. The zero-order valence-corrected chi connectivity index (χ0v) is 6.43. The van der Waals surface area contributed by atoms with Gasteiger partial charge in [0, 0.05) is 11.5 Å². The van der Waals surface area contributed by atoms with E-state index in [-0.39, 0.29) is 0 Å². The van der Waals surface area contributed by atoms with Crippen molar-refractivity contribution in [2.24, 2.45) is 0 Å². The molecule has 0 bridgehead atoms. The minimum Gasteiger partial charge on any atom is -0.397 e. The molecule has 0 unspecified atom stereocenters. The summed E-state index contributed by atoms with van der Waals surface area (Å²) in [6.07, 6.45) is 1.73. The van der Waals surface area contributed by atoms with E-state index >= 15 is 0 Å². The normalized spacial score (nSPS) is 9.44. The lowest BCUT2D eigenvalue weighted by molar-refractivity contribution is 1.19. The Kier molecular flexibility index (Phi) is 2.05. The van der Waals surface area contributed by atoms with Gasteiger partial charge >= 0.3 is 0 Å². The average molecular weight is 187 g/mol. The van der Waals surface area contributed by atoms with Crippen molar-refractivity contribution in [3.63, 3.8) is 0 Å². The first-order valence-electron chi connectivity index (χ1n) is 2.60. The van der Waals surface area contributed by atoms with Crippen LogP contribution in [0.3, 0.4) is 0 Å². The van der Waals surface area contributed by atoms with Crippen molar-refractivity contribution in [2.75, 3.05) is 5.73 Å². The van der Waals surface area contributed by atoms with Crippen molar-refractivity contribution in [3.8, 4) is 0 Å². The second-order valence-electron chi connectivity index (χ2n) is 1.67. The van der Waals surface area contributed by atoms with E-state index in [0.29, 0.717) is 0 Å². The first-order chi connectivity index (χ1) is 4.34. The summed E-state index contributed by atoms with van der Waals surface area (Å²) in [5.41, 5.74) is 7.18. The summed E-state index contributed by atoms with van der Waals surface area (Å²) in [7, 11) is 0. The molecule has 0 aromatic carbocycles. The second-order valence-corrected chi connectivity index (χ2v) is 2.23. The summed E-state index contributed by atoms with van der Waals surface area (Å²) >= 11 is 3.27. The van der Waals surface area contributed by atoms with Gasteiger partial charge < -0.3 is 5.73 Å². The number of pyridine rings is 1. The van der Waals surface area contributed by atoms with Crippen molar-refractivity contribution in [1.82, 2.24) is 4.98 Å². The maximum Gasteiger partial charge on any atom is 0.0737 e. The number of hydrogen-bond acceptors (Lipinski definition) is 2. The van der Waals surface area contributed by atoms with Gasteiger partial charge in [-0.2, -0.15) is 0 Å². The lowest BCUT2D eigenvalue weighted by atomic mass is 10.3. The van der Waals surface area contributed by atoms with E-state index in [2.05, 4.69) is 20.9 Å². The van der Waals surface area contributed by atoms with Crippen LogP contribution in [0.15, 0.2) is 18.3 Å². The quantitative estimate of drug-likeness (QED) is 0.677. The number of anilines is 1. The molecule has 2 nitrogen and oxygen atoms in total. The topological polar surface area (TPSA) is 38.9 Å². The molecule has 2 N–H and O–H groups in total. The number of nitrogens with zero attached hydrogens (tertiary/aromatic N) is 1. The Labute approximate surface area is 62.2 Å². The first kappa shape index (κ1) is 6.55. The summed E-state index contributed by atoms with van der Waals surface area (Å²) in [6, 6.07) is 3.66. The number of alkyl halides is 1. The van der Waals surface area contributed by atoms with E-state index in [0.717, 1.165) is 16.7 Å². The molecule has 0 spiro atoms. The van der Waals surface area contributed by atoms with Crippen LogP contribution in [0.4, 0.5) is 5.69 Å². The molecule has 0 radical (unpaired) electrons. The largest absolute Gasteiger partial charge is 0.397 e. The average Bonchev–Trinajstić information content (AvgIpc) is 1.89. The highest BCUT2D eigenvalue weighted by Gasteiger charge is 1.93. The molecular weight excluding hydrogens is 180 g/mol. The molecule has 3 heteroatoms. The molecule has 0 saturated heterocycles. The number of hydrogen-bond donors (Lipinski definition) is 1. The lowest BCUT2D eigenvalue weighted by Gasteiger charge is -1.96. The maximum absolute atomic E-state index is 5.54. The molecule has 0 saturated carbocycles. The summed E-state index contributed by atoms with van der Waals surface area (Å²) in [6.45, 7) is 0. The van der Waals surface area contributed by atoms with E-state index in [9.17, 15) is 0 Å². The van der Waals surface area contributed by atoms with E-state index in [1.807, 2.05) is 12.1 Å². The molecule has 1 aromatic rings. The molecule has 48 valence electrons. The van der Waals surface area contributed by atoms with Crippen molar-refractivity contribution in [2.45, 2.75) is 5.33 Å². The fourth-order valence-electron chi connectivity index (χ4n) is 0.562. The van der Waals surface area contributed by atoms with E-state index in [4.69, 9.17) is 5.73 Å². The molecule has 0 aliphatic rings. The highest BCUT2D eigenvalue weighted by Crippen LogP contribution is 2.09. The Balaban J connectivity index is 3.01. The van der Waals surface area contributed by atoms with Crippen LogP contribution in [-0.4, -0.2) is 4.98 Å². The molecule has 1 rings (SSSR count). The van der Waals surface area contributed by atoms with Crippen LogP contribution in [0.25, 0.3) is 0 Å². The highest BCUT2D eigenvalue weighted by molar-refractivity contribution is 9.08. The van der Waals surface area contributed by atoms with Gasteiger partial charge in [0.2, 0.25) is 0 Å². The first-order valence-corrected chi connectivity index (χ1v) is 3.72. The number of nitrogen functional groups attached to an aromatic ring is 1. The van der Waals surface area contributed by atoms with Gasteiger partial charge in [0.15, 0.2) is 0 Å². The van der Waals surface area contributed by atoms with Crippen LogP contribution in [-0.2, 0) is 5.33 Å². The summed E-state index contributed by atoms with van der Waals surface area (Å²) in [5, 5.41) is 0.722. The Hall–Kier alpha value is -0.570. The van der Waals surface area contributed by atoms with Gasteiger partial charge in [-0.3, -0.25) is 4.98 Å². The molecule has 9 heavy (non-hydrogen) atoms. The Morgan fingerprint density at radius 1 is 1.67 bits per heavy atom. The molecule has 0 amide bonds. The predicted octanol–water partition coefficient (Wildman–Crippen LogP) is 1.56. The number of halogens is 1. The van der Waals surface area contributed by atoms with Gasteiger partial charge in [-0.15, -0.1) is 0 Å².